The fraction of sp³-hybridized carbons (Fsp3) is 0.400. The van der Waals surface area contributed by atoms with Crippen molar-refractivity contribution in [1.82, 2.24) is 10.2 Å². The maximum absolute atomic E-state index is 11.6. The first kappa shape index (κ1) is 17.3. The van der Waals surface area contributed by atoms with Gasteiger partial charge >= 0.3 is 5.97 Å². The molecule has 2 aromatic rings. The molecule has 0 bridgehead atoms. The Kier molecular flexibility index (Phi) is 5.53. The number of carbonyl (C=O) groups is 1. The van der Waals surface area contributed by atoms with Crippen LogP contribution in [0.5, 0.6) is 0 Å². The molecule has 5 nitrogen and oxygen atoms in total. The van der Waals surface area contributed by atoms with Gasteiger partial charge in [0.15, 0.2) is 5.96 Å². The van der Waals surface area contributed by atoms with E-state index >= 15 is 0 Å². The first-order valence-electron chi connectivity index (χ1n) is 8.72. The van der Waals surface area contributed by atoms with Crippen LogP contribution >= 0.6 is 0 Å². The van der Waals surface area contributed by atoms with E-state index in [1.54, 1.807) is 7.05 Å². The number of esters is 1. The van der Waals surface area contributed by atoms with Crippen LogP contribution in [0.1, 0.15) is 18.4 Å². The highest BCUT2D eigenvalue weighted by atomic mass is 16.5. The molecule has 0 spiro atoms. The van der Waals surface area contributed by atoms with Crippen molar-refractivity contribution in [3.05, 3.63) is 48.0 Å². The lowest BCUT2D eigenvalue weighted by Crippen LogP contribution is -2.46. The van der Waals surface area contributed by atoms with Crippen molar-refractivity contribution in [2.45, 2.75) is 19.4 Å². The lowest BCUT2D eigenvalue weighted by atomic mass is 9.97. The van der Waals surface area contributed by atoms with Gasteiger partial charge in [-0.2, -0.15) is 0 Å². The van der Waals surface area contributed by atoms with E-state index in [1.807, 2.05) is 0 Å². The predicted molar refractivity (Wildman–Crippen MR) is 100 cm³/mol. The van der Waals surface area contributed by atoms with E-state index < -0.39 is 0 Å². The summed E-state index contributed by atoms with van der Waals surface area (Å²) >= 11 is 0. The summed E-state index contributed by atoms with van der Waals surface area (Å²) < 4.78 is 4.85. The summed E-state index contributed by atoms with van der Waals surface area (Å²) in [6.07, 6.45) is 1.62. The zero-order chi connectivity index (χ0) is 17.6. The topological polar surface area (TPSA) is 53.9 Å². The number of guanidine groups is 1. The third kappa shape index (κ3) is 4.10. The Balaban J connectivity index is 1.58. The number of aliphatic imine (C=N–C) groups is 1. The number of methoxy groups -OCH3 is 1. The number of fused-ring (bicyclic) bond motifs is 1. The Morgan fingerprint density at radius 3 is 2.60 bits per heavy atom. The highest BCUT2D eigenvalue weighted by Gasteiger charge is 2.26. The Morgan fingerprint density at radius 1 is 1.20 bits per heavy atom. The van der Waals surface area contributed by atoms with Gasteiger partial charge in [0.05, 0.1) is 13.0 Å². The summed E-state index contributed by atoms with van der Waals surface area (Å²) in [5.41, 5.74) is 1.23. The lowest BCUT2D eigenvalue weighted by molar-refractivity contribution is -0.146. The lowest BCUT2D eigenvalue weighted by Gasteiger charge is -2.33. The first-order chi connectivity index (χ1) is 12.2. The van der Waals surface area contributed by atoms with Crippen LogP contribution in [0.2, 0.25) is 0 Å². The number of nitrogens with zero attached hydrogens (tertiary/aromatic N) is 2. The zero-order valence-corrected chi connectivity index (χ0v) is 14.9. The minimum atomic E-state index is -0.0984. The Morgan fingerprint density at radius 2 is 1.92 bits per heavy atom. The molecule has 1 fully saturated rings. The van der Waals surface area contributed by atoms with E-state index in [1.165, 1.54) is 23.4 Å². The summed E-state index contributed by atoms with van der Waals surface area (Å²) in [7, 11) is 3.26. The van der Waals surface area contributed by atoms with Crippen molar-refractivity contribution in [2.24, 2.45) is 10.9 Å². The van der Waals surface area contributed by atoms with Crippen molar-refractivity contribution in [3.63, 3.8) is 0 Å². The Hall–Kier alpha value is -2.56. The molecule has 0 aliphatic carbocycles. The van der Waals surface area contributed by atoms with Gasteiger partial charge in [-0.3, -0.25) is 9.79 Å². The van der Waals surface area contributed by atoms with Crippen LogP contribution in [0.3, 0.4) is 0 Å². The van der Waals surface area contributed by atoms with Crippen LogP contribution in [-0.2, 0) is 16.1 Å². The van der Waals surface area contributed by atoms with Crippen LogP contribution in [0, 0.1) is 5.92 Å². The summed E-state index contributed by atoms with van der Waals surface area (Å²) in [5.74, 6) is 0.801. The second kappa shape index (κ2) is 8.01. The van der Waals surface area contributed by atoms with Crippen molar-refractivity contribution in [2.75, 3.05) is 27.2 Å². The van der Waals surface area contributed by atoms with Gasteiger partial charge in [0.2, 0.25) is 0 Å². The number of hydrogen-bond acceptors (Lipinski definition) is 3. The number of likely N-dealkylation sites (tertiary alicyclic amines) is 1. The molecule has 132 valence electrons. The van der Waals surface area contributed by atoms with Crippen LogP contribution in [0.25, 0.3) is 10.8 Å². The SMILES string of the molecule is CN=C(NCc1ccc2ccccc2c1)N1CCC(C(=O)OC)CC1. The molecule has 1 N–H and O–H groups in total. The number of ether oxygens (including phenoxy) is 1. The Labute approximate surface area is 148 Å². The van der Waals surface area contributed by atoms with Gasteiger partial charge in [-0.05, 0) is 35.2 Å². The average Bonchev–Trinajstić information content (AvgIpc) is 2.68. The molecule has 1 aliphatic rings. The highest BCUT2D eigenvalue weighted by molar-refractivity contribution is 5.83. The zero-order valence-electron chi connectivity index (χ0n) is 14.9. The molecule has 0 amide bonds. The minimum Gasteiger partial charge on any atom is -0.469 e. The summed E-state index contributed by atoms with van der Waals surface area (Å²) in [6, 6.07) is 14.9. The molecule has 0 unspecified atom stereocenters. The van der Waals surface area contributed by atoms with E-state index in [0.717, 1.165) is 38.4 Å². The van der Waals surface area contributed by atoms with E-state index in [9.17, 15) is 4.79 Å². The standard InChI is InChI=1S/C20H25N3O2/c1-21-20(23-11-9-17(10-12-23)19(24)25-2)22-14-15-7-8-16-5-3-4-6-18(16)13-15/h3-8,13,17H,9-12,14H2,1-2H3,(H,21,22). The number of benzene rings is 2. The van der Waals surface area contributed by atoms with Gasteiger partial charge in [0.25, 0.3) is 0 Å². The average molecular weight is 339 g/mol. The van der Waals surface area contributed by atoms with Gasteiger partial charge < -0.3 is 15.0 Å². The molecule has 0 aromatic heterocycles. The highest BCUT2D eigenvalue weighted by Crippen LogP contribution is 2.19. The van der Waals surface area contributed by atoms with E-state index in [4.69, 9.17) is 4.74 Å². The maximum atomic E-state index is 11.6. The molecule has 25 heavy (non-hydrogen) atoms. The van der Waals surface area contributed by atoms with E-state index in [-0.39, 0.29) is 11.9 Å². The molecule has 0 radical (unpaired) electrons. The third-order valence-electron chi connectivity index (χ3n) is 4.81. The number of carbonyl (C=O) groups excluding carboxylic acids is 1. The van der Waals surface area contributed by atoms with Gasteiger partial charge in [0, 0.05) is 26.7 Å². The molecule has 1 aliphatic heterocycles. The fourth-order valence-corrected chi connectivity index (χ4v) is 3.36. The van der Waals surface area contributed by atoms with Gasteiger partial charge in [-0.15, -0.1) is 0 Å². The van der Waals surface area contributed by atoms with Crippen molar-refractivity contribution in [3.8, 4) is 0 Å². The van der Waals surface area contributed by atoms with Crippen LogP contribution in [0.4, 0.5) is 0 Å². The minimum absolute atomic E-state index is 0.0137. The molecular weight excluding hydrogens is 314 g/mol. The number of rotatable bonds is 3. The van der Waals surface area contributed by atoms with Gasteiger partial charge in [0.1, 0.15) is 0 Å². The second-order valence-electron chi connectivity index (χ2n) is 6.37. The largest absolute Gasteiger partial charge is 0.469 e. The summed E-state index contributed by atoms with van der Waals surface area (Å²) in [4.78, 5) is 18.2. The van der Waals surface area contributed by atoms with E-state index in [2.05, 4.69) is 57.7 Å². The number of piperidine rings is 1. The molecule has 1 saturated heterocycles. The summed E-state index contributed by atoms with van der Waals surface area (Å²) in [6.45, 7) is 2.36. The molecule has 0 saturated carbocycles. The van der Waals surface area contributed by atoms with Crippen LogP contribution < -0.4 is 5.32 Å². The quantitative estimate of drug-likeness (QED) is 0.531. The molecule has 5 heteroatoms. The summed E-state index contributed by atoms with van der Waals surface area (Å²) in [5, 5.41) is 5.93. The van der Waals surface area contributed by atoms with Crippen molar-refractivity contribution in [1.29, 1.82) is 0 Å². The second-order valence-corrected chi connectivity index (χ2v) is 6.37. The van der Waals surface area contributed by atoms with Gasteiger partial charge in [-0.1, -0.05) is 36.4 Å². The smallest absolute Gasteiger partial charge is 0.308 e. The molecular formula is C20H25N3O2. The predicted octanol–water partition coefficient (Wildman–Crippen LogP) is 2.80. The fourth-order valence-electron chi connectivity index (χ4n) is 3.36. The number of nitrogens with one attached hydrogen (secondary N) is 1. The molecule has 1 heterocycles. The van der Waals surface area contributed by atoms with E-state index in [0.29, 0.717) is 0 Å². The molecule has 0 atom stereocenters. The van der Waals surface area contributed by atoms with Crippen molar-refractivity contribution < 1.29 is 9.53 Å². The Bertz CT molecular complexity index is 764. The van der Waals surface area contributed by atoms with Crippen molar-refractivity contribution >= 4 is 22.7 Å². The first-order valence-corrected chi connectivity index (χ1v) is 8.72. The maximum Gasteiger partial charge on any atom is 0.308 e. The van der Waals surface area contributed by atoms with Gasteiger partial charge in [-0.25, -0.2) is 0 Å². The van der Waals surface area contributed by atoms with Crippen LogP contribution in [-0.4, -0.2) is 44.1 Å². The molecule has 2 aromatic carbocycles. The normalized spacial score (nSPS) is 16.1. The van der Waals surface area contributed by atoms with Crippen LogP contribution in [0.15, 0.2) is 47.5 Å². The molecule has 3 rings (SSSR count). The number of hydrogen-bond donors (Lipinski definition) is 1. The monoisotopic (exact) mass is 339 g/mol. The third-order valence-corrected chi connectivity index (χ3v) is 4.81.